The van der Waals surface area contributed by atoms with Crippen LogP contribution in [0, 0.1) is 0 Å². The highest BCUT2D eigenvalue weighted by molar-refractivity contribution is 7.07. The lowest BCUT2D eigenvalue weighted by molar-refractivity contribution is -0.593. The highest BCUT2D eigenvalue weighted by Crippen LogP contribution is 2.14. The van der Waals surface area contributed by atoms with Crippen molar-refractivity contribution in [1.82, 2.24) is 4.98 Å². The van der Waals surface area contributed by atoms with E-state index in [1.807, 2.05) is 6.07 Å². The number of aromatic amines is 1. The second kappa shape index (κ2) is 2.96. The first-order valence-electron chi connectivity index (χ1n) is 4.45. The van der Waals surface area contributed by atoms with E-state index in [0.29, 0.717) is 0 Å². The van der Waals surface area contributed by atoms with Gasteiger partial charge in [0.25, 0.3) is 5.82 Å². The zero-order valence-electron chi connectivity index (χ0n) is 7.47. The number of nitrogens with one attached hydrogen (secondary N) is 1. The van der Waals surface area contributed by atoms with Gasteiger partial charge in [-0.2, -0.15) is 4.57 Å². The molecule has 2 nitrogen and oxygen atoms in total. The van der Waals surface area contributed by atoms with Crippen molar-refractivity contribution < 1.29 is 4.57 Å². The number of thiazole rings is 1. The topological polar surface area (TPSA) is 19.7 Å². The van der Waals surface area contributed by atoms with Crippen molar-refractivity contribution >= 4 is 22.2 Å². The van der Waals surface area contributed by atoms with E-state index < -0.39 is 0 Å². The standard InChI is InChI=1S/C11H9N2S/c1-2-4-10-9(3-1)7-11(12-10)13-5-6-14-8-13/h1-8,12H/q+1. The van der Waals surface area contributed by atoms with E-state index in [-0.39, 0.29) is 0 Å². The number of hydrogen-bond acceptors (Lipinski definition) is 1. The van der Waals surface area contributed by atoms with E-state index in [1.54, 1.807) is 11.3 Å². The van der Waals surface area contributed by atoms with Crippen LogP contribution in [0.3, 0.4) is 0 Å². The summed E-state index contributed by atoms with van der Waals surface area (Å²) >= 11 is 1.69. The summed E-state index contributed by atoms with van der Waals surface area (Å²) in [5, 5.41) is 3.31. The summed E-state index contributed by atoms with van der Waals surface area (Å²) in [6.45, 7) is 0. The monoisotopic (exact) mass is 201 g/mol. The molecule has 0 bridgehead atoms. The molecule has 68 valence electrons. The third kappa shape index (κ3) is 1.14. The van der Waals surface area contributed by atoms with Gasteiger partial charge >= 0.3 is 0 Å². The lowest BCUT2D eigenvalue weighted by Gasteiger charge is -1.83. The van der Waals surface area contributed by atoms with Crippen LogP contribution in [-0.2, 0) is 0 Å². The number of rotatable bonds is 1. The molecule has 14 heavy (non-hydrogen) atoms. The van der Waals surface area contributed by atoms with Crippen molar-refractivity contribution in [3.63, 3.8) is 0 Å². The number of para-hydroxylation sites is 1. The minimum atomic E-state index is 1.12. The zero-order valence-corrected chi connectivity index (χ0v) is 8.29. The molecule has 2 aromatic heterocycles. The molecule has 3 aromatic rings. The molecule has 0 saturated heterocycles. The Bertz CT molecular complexity index is 518. The number of fused-ring (bicyclic) bond motifs is 1. The van der Waals surface area contributed by atoms with Gasteiger partial charge in [-0.05, 0) is 6.07 Å². The fraction of sp³-hybridized carbons (Fsp3) is 0. The number of H-pyrrole nitrogens is 1. The van der Waals surface area contributed by atoms with Gasteiger partial charge in [-0.15, -0.1) is 11.3 Å². The van der Waals surface area contributed by atoms with Gasteiger partial charge < -0.3 is 0 Å². The molecule has 0 saturated carbocycles. The Balaban J connectivity index is 2.24. The lowest BCUT2D eigenvalue weighted by atomic mass is 10.2. The average molecular weight is 201 g/mol. The Morgan fingerprint density at radius 1 is 1.21 bits per heavy atom. The molecule has 0 fully saturated rings. The molecule has 0 radical (unpaired) electrons. The molecule has 0 aliphatic rings. The van der Waals surface area contributed by atoms with Gasteiger partial charge in [-0.3, -0.25) is 0 Å². The zero-order chi connectivity index (χ0) is 9.38. The van der Waals surface area contributed by atoms with Crippen LogP contribution in [0.5, 0.6) is 0 Å². The quantitative estimate of drug-likeness (QED) is 0.584. The SMILES string of the molecule is c1ccc2[nH]c(-[n+]3ccsc3)cc2c1. The van der Waals surface area contributed by atoms with Crippen LogP contribution in [0.1, 0.15) is 0 Å². The molecule has 3 rings (SSSR count). The van der Waals surface area contributed by atoms with Crippen LogP contribution in [0.4, 0.5) is 0 Å². The molecule has 3 heteroatoms. The fourth-order valence-electron chi connectivity index (χ4n) is 1.57. The smallest absolute Gasteiger partial charge is 0.240 e. The van der Waals surface area contributed by atoms with E-state index in [4.69, 9.17) is 0 Å². The fourth-order valence-corrected chi connectivity index (χ4v) is 2.16. The maximum absolute atomic E-state index is 3.37. The summed E-state index contributed by atoms with van der Waals surface area (Å²) < 4.78 is 2.09. The summed E-state index contributed by atoms with van der Waals surface area (Å²) in [5.74, 6) is 1.12. The Kier molecular flexibility index (Phi) is 1.64. The molecule has 0 aliphatic heterocycles. The van der Waals surface area contributed by atoms with Crippen molar-refractivity contribution in [3.05, 3.63) is 47.4 Å². The molecule has 1 N–H and O–H groups in total. The Labute approximate surface area is 85.4 Å². The van der Waals surface area contributed by atoms with Crippen molar-refractivity contribution in [2.45, 2.75) is 0 Å². The van der Waals surface area contributed by atoms with Crippen molar-refractivity contribution in [3.8, 4) is 5.82 Å². The molecule has 0 amide bonds. The largest absolute Gasteiger partial charge is 0.285 e. The highest BCUT2D eigenvalue weighted by atomic mass is 32.1. The minimum Gasteiger partial charge on any atom is -0.240 e. The van der Waals surface area contributed by atoms with E-state index in [0.717, 1.165) is 5.82 Å². The molecule has 0 unspecified atom stereocenters. The second-order valence-corrected chi connectivity index (χ2v) is 3.93. The van der Waals surface area contributed by atoms with Gasteiger partial charge in [-0.25, -0.2) is 4.98 Å². The normalized spacial score (nSPS) is 10.9. The predicted molar refractivity (Wildman–Crippen MR) is 57.7 cm³/mol. The lowest BCUT2D eigenvalue weighted by Crippen LogP contribution is -2.26. The van der Waals surface area contributed by atoms with Gasteiger partial charge in [0.2, 0.25) is 0 Å². The first-order valence-corrected chi connectivity index (χ1v) is 5.39. The van der Waals surface area contributed by atoms with Gasteiger partial charge in [0.15, 0.2) is 0 Å². The van der Waals surface area contributed by atoms with E-state index in [2.05, 4.69) is 50.9 Å². The summed E-state index contributed by atoms with van der Waals surface area (Å²) in [4.78, 5) is 3.37. The van der Waals surface area contributed by atoms with Crippen LogP contribution < -0.4 is 4.57 Å². The van der Waals surface area contributed by atoms with Crippen molar-refractivity contribution in [2.24, 2.45) is 0 Å². The van der Waals surface area contributed by atoms with Crippen LogP contribution in [0.25, 0.3) is 16.7 Å². The predicted octanol–water partition coefficient (Wildman–Crippen LogP) is 2.51. The molecule has 0 spiro atoms. The molecular formula is C11H9N2S+. The molecule has 2 heterocycles. The van der Waals surface area contributed by atoms with Crippen LogP contribution in [0.2, 0.25) is 0 Å². The number of benzene rings is 1. The van der Waals surface area contributed by atoms with Gasteiger partial charge in [-0.1, -0.05) is 18.2 Å². The Morgan fingerprint density at radius 3 is 2.93 bits per heavy atom. The van der Waals surface area contributed by atoms with Crippen LogP contribution in [-0.4, -0.2) is 4.98 Å². The summed E-state index contributed by atoms with van der Waals surface area (Å²) in [5.41, 5.74) is 3.26. The first-order chi connectivity index (χ1) is 6.93. The van der Waals surface area contributed by atoms with E-state index >= 15 is 0 Å². The minimum absolute atomic E-state index is 1.12. The Hall–Kier alpha value is -1.61. The Morgan fingerprint density at radius 2 is 2.14 bits per heavy atom. The third-order valence-corrected chi connectivity index (χ3v) is 2.90. The molecular weight excluding hydrogens is 192 g/mol. The summed E-state index contributed by atoms with van der Waals surface area (Å²) in [6.07, 6.45) is 2.05. The first kappa shape index (κ1) is 7.76. The number of aromatic nitrogens is 2. The number of nitrogens with zero attached hydrogens (tertiary/aromatic N) is 1. The van der Waals surface area contributed by atoms with E-state index in [1.165, 1.54) is 10.9 Å². The summed E-state index contributed by atoms with van der Waals surface area (Å²) in [6, 6.07) is 10.5. The summed E-state index contributed by atoms with van der Waals surface area (Å²) in [7, 11) is 0. The van der Waals surface area contributed by atoms with Crippen molar-refractivity contribution in [2.75, 3.05) is 0 Å². The maximum Gasteiger partial charge on any atom is 0.285 e. The molecule has 0 atom stereocenters. The second-order valence-electron chi connectivity index (χ2n) is 3.18. The van der Waals surface area contributed by atoms with Crippen LogP contribution >= 0.6 is 11.3 Å². The van der Waals surface area contributed by atoms with Crippen LogP contribution in [0.15, 0.2) is 47.4 Å². The van der Waals surface area contributed by atoms with E-state index in [9.17, 15) is 0 Å². The van der Waals surface area contributed by atoms with Gasteiger partial charge in [0.1, 0.15) is 17.2 Å². The van der Waals surface area contributed by atoms with Gasteiger partial charge in [0.05, 0.1) is 0 Å². The van der Waals surface area contributed by atoms with Crippen molar-refractivity contribution in [1.29, 1.82) is 0 Å². The van der Waals surface area contributed by atoms with Gasteiger partial charge in [0, 0.05) is 16.8 Å². The molecule has 1 aromatic carbocycles. The molecule has 0 aliphatic carbocycles. The highest BCUT2D eigenvalue weighted by Gasteiger charge is 2.08. The third-order valence-electron chi connectivity index (χ3n) is 2.27. The average Bonchev–Trinajstić information content (AvgIpc) is 2.86. The number of hydrogen-bond donors (Lipinski definition) is 1. The maximum atomic E-state index is 3.37.